The lowest BCUT2D eigenvalue weighted by atomic mass is 9.98. The summed E-state index contributed by atoms with van der Waals surface area (Å²) >= 11 is 0. The van der Waals surface area contributed by atoms with Gasteiger partial charge in [-0.3, -0.25) is 9.59 Å². The number of nitrogens with one attached hydrogen (secondary N) is 1. The van der Waals surface area contributed by atoms with Gasteiger partial charge in [0.15, 0.2) is 23.1 Å². The molecule has 0 unspecified atom stereocenters. The highest BCUT2D eigenvalue weighted by molar-refractivity contribution is 5.95. The van der Waals surface area contributed by atoms with Crippen molar-refractivity contribution in [2.75, 3.05) is 45.8 Å². The summed E-state index contributed by atoms with van der Waals surface area (Å²) in [6.45, 7) is 1.50. The molecule has 2 aliphatic heterocycles. The van der Waals surface area contributed by atoms with Crippen LogP contribution in [0.5, 0.6) is 17.2 Å². The molecule has 4 rings (SSSR count). The van der Waals surface area contributed by atoms with E-state index in [1.807, 2.05) is 18.2 Å². The van der Waals surface area contributed by atoms with Crippen LogP contribution in [0, 0.1) is 5.82 Å². The third-order valence-corrected chi connectivity index (χ3v) is 5.83. The number of halogens is 1. The highest BCUT2D eigenvalue weighted by Gasteiger charge is 2.32. The van der Waals surface area contributed by atoms with Crippen molar-refractivity contribution in [3.8, 4) is 17.2 Å². The molecule has 1 N–H and O–H groups in total. The number of anilines is 1. The maximum atomic E-state index is 13.9. The Morgan fingerprint density at radius 3 is 2.64 bits per heavy atom. The van der Waals surface area contributed by atoms with Crippen LogP contribution in [0.15, 0.2) is 36.4 Å². The Hall–Kier alpha value is -3.33. The largest absolute Gasteiger partial charge is 0.494 e. The molecule has 9 heteroatoms. The Morgan fingerprint density at radius 1 is 1.15 bits per heavy atom. The zero-order chi connectivity index (χ0) is 23.4. The van der Waals surface area contributed by atoms with Crippen LogP contribution in [-0.4, -0.2) is 63.3 Å². The molecule has 2 fully saturated rings. The predicted octanol–water partition coefficient (Wildman–Crippen LogP) is 2.97. The second-order valence-corrected chi connectivity index (χ2v) is 8.09. The molecule has 0 bridgehead atoms. The fourth-order valence-corrected chi connectivity index (χ4v) is 4.09. The zero-order valence-corrected chi connectivity index (χ0v) is 18.6. The monoisotopic (exact) mass is 458 g/mol. The molecular weight excluding hydrogens is 431 g/mol. The molecule has 0 aromatic heterocycles. The summed E-state index contributed by atoms with van der Waals surface area (Å²) in [5, 5.41) is 2.62. The molecule has 2 aliphatic rings. The van der Waals surface area contributed by atoms with E-state index in [0.29, 0.717) is 43.4 Å². The highest BCUT2D eigenvalue weighted by atomic mass is 19.1. The molecule has 0 saturated carbocycles. The summed E-state index contributed by atoms with van der Waals surface area (Å²) in [4.78, 5) is 26.5. The van der Waals surface area contributed by atoms with Crippen LogP contribution in [0.1, 0.15) is 24.3 Å². The van der Waals surface area contributed by atoms with Gasteiger partial charge in [-0.15, -0.1) is 0 Å². The maximum absolute atomic E-state index is 13.9. The average Bonchev–Trinajstić information content (AvgIpc) is 3.43. The van der Waals surface area contributed by atoms with Gasteiger partial charge in [0.25, 0.3) is 0 Å². The third kappa shape index (κ3) is 5.36. The molecule has 2 heterocycles. The van der Waals surface area contributed by atoms with E-state index in [9.17, 15) is 14.0 Å². The van der Waals surface area contributed by atoms with Crippen molar-refractivity contribution in [1.82, 2.24) is 4.90 Å². The molecule has 2 saturated heterocycles. The minimum atomic E-state index is -0.575. The number of carbonyl (C=O) groups is 2. The van der Waals surface area contributed by atoms with Gasteiger partial charge in [-0.1, -0.05) is 6.07 Å². The van der Waals surface area contributed by atoms with Crippen molar-refractivity contribution < 1.29 is 32.9 Å². The SMILES string of the molecule is COc1ccc(NC(=O)CN2C[C@H](c3ccc(OC)c(O[C@@H]4CCOC4)c3)CC2=O)cc1F. The Kier molecular flexibility index (Phi) is 6.98. The van der Waals surface area contributed by atoms with Crippen LogP contribution in [-0.2, 0) is 14.3 Å². The van der Waals surface area contributed by atoms with Crippen molar-refractivity contribution in [2.45, 2.75) is 24.9 Å². The van der Waals surface area contributed by atoms with Gasteiger partial charge in [-0.25, -0.2) is 4.39 Å². The normalized spacial score (nSPS) is 20.1. The number of nitrogens with zero attached hydrogens (tertiary/aromatic N) is 1. The van der Waals surface area contributed by atoms with Gasteiger partial charge < -0.3 is 29.2 Å². The molecule has 2 aromatic rings. The van der Waals surface area contributed by atoms with Crippen LogP contribution in [0.4, 0.5) is 10.1 Å². The lowest BCUT2D eigenvalue weighted by Crippen LogP contribution is -2.34. The molecule has 8 nitrogen and oxygen atoms in total. The standard InChI is InChI=1S/C24H27FN2O6/c1-30-20-6-4-17(11-19(20)25)26-23(28)13-27-12-16(10-24(27)29)15-3-5-21(31-2)22(9-15)33-18-7-8-32-14-18/h3-6,9,11,16,18H,7-8,10,12-14H2,1-2H3,(H,26,28)/t16-,18-/m1/s1. The molecule has 33 heavy (non-hydrogen) atoms. The van der Waals surface area contributed by atoms with Gasteiger partial charge in [0, 0.05) is 37.1 Å². The predicted molar refractivity (Wildman–Crippen MR) is 118 cm³/mol. The van der Waals surface area contributed by atoms with E-state index in [2.05, 4.69) is 5.32 Å². The zero-order valence-electron chi connectivity index (χ0n) is 18.6. The summed E-state index contributed by atoms with van der Waals surface area (Å²) in [5.74, 6) is 0.181. The van der Waals surface area contributed by atoms with Gasteiger partial charge in [0.2, 0.25) is 11.8 Å². The molecule has 0 aliphatic carbocycles. The molecule has 2 atom stereocenters. The minimum Gasteiger partial charge on any atom is -0.494 e. The van der Waals surface area contributed by atoms with Crippen molar-refractivity contribution in [1.29, 1.82) is 0 Å². The number of methoxy groups -OCH3 is 2. The molecule has 2 amide bonds. The second-order valence-electron chi connectivity index (χ2n) is 8.09. The summed E-state index contributed by atoms with van der Waals surface area (Å²) in [5.41, 5.74) is 1.24. The van der Waals surface area contributed by atoms with E-state index < -0.39 is 11.7 Å². The topological polar surface area (TPSA) is 86.3 Å². The van der Waals surface area contributed by atoms with Crippen molar-refractivity contribution >= 4 is 17.5 Å². The number of carbonyl (C=O) groups excluding carboxylic acids is 2. The van der Waals surface area contributed by atoms with Gasteiger partial charge in [-0.2, -0.15) is 0 Å². The lowest BCUT2D eigenvalue weighted by Gasteiger charge is -2.19. The van der Waals surface area contributed by atoms with Crippen molar-refractivity contribution in [3.63, 3.8) is 0 Å². The third-order valence-electron chi connectivity index (χ3n) is 5.83. The average molecular weight is 458 g/mol. The van der Waals surface area contributed by atoms with Crippen LogP contribution in [0.3, 0.4) is 0 Å². The maximum Gasteiger partial charge on any atom is 0.243 e. The number of ether oxygens (including phenoxy) is 4. The number of likely N-dealkylation sites (tertiary alicyclic amines) is 1. The number of amides is 2. The van der Waals surface area contributed by atoms with Crippen molar-refractivity contribution in [2.24, 2.45) is 0 Å². The van der Waals surface area contributed by atoms with Crippen LogP contribution < -0.4 is 19.5 Å². The van der Waals surface area contributed by atoms with E-state index in [1.54, 1.807) is 13.2 Å². The van der Waals surface area contributed by atoms with Crippen LogP contribution in [0.2, 0.25) is 0 Å². The van der Waals surface area contributed by atoms with Gasteiger partial charge >= 0.3 is 0 Å². The molecule has 0 spiro atoms. The fourth-order valence-electron chi connectivity index (χ4n) is 4.09. The Morgan fingerprint density at radius 2 is 1.94 bits per heavy atom. The first kappa shape index (κ1) is 22.8. The second kappa shape index (κ2) is 10.1. The van der Waals surface area contributed by atoms with Crippen LogP contribution in [0.25, 0.3) is 0 Å². The van der Waals surface area contributed by atoms with E-state index in [-0.39, 0.29) is 30.2 Å². The van der Waals surface area contributed by atoms with Crippen molar-refractivity contribution in [3.05, 3.63) is 47.8 Å². The Labute approximate surface area is 191 Å². The summed E-state index contributed by atoms with van der Waals surface area (Å²) in [7, 11) is 2.95. The van der Waals surface area contributed by atoms with E-state index in [0.717, 1.165) is 12.0 Å². The van der Waals surface area contributed by atoms with Gasteiger partial charge in [0.1, 0.15) is 6.10 Å². The lowest BCUT2D eigenvalue weighted by molar-refractivity contribution is -0.131. The molecule has 0 radical (unpaired) electrons. The first-order chi connectivity index (χ1) is 16.0. The number of hydrogen-bond acceptors (Lipinski definition) is 6. The minimum absolute atomic E-state index is 0.0256. The quantitative estimate of drug-likeness (QED) is 0.655. The van der Waals surface area contributed by atoms with Gasteiger partial charge in [0.05, 0.1) is 34.0 Å². The first-order valence-electron chi connectivity index (χ1n) is 10.8. The number of hydrogen-bond donors (Lipinski definition) is 1. The molecular formula is C24H27FN2O6. The highest BCUT2D eigenvalue weighted by Crippen LogP contribution is 2.36. The smallest absolute Gasteiger partial charge is 0.243 e. The van der Waals surface area contributed by atoms with E-state index in [4.69, 9.17) is 18.9 Å². The molecule has 2 aromatic carbocycles. The summed E-state index contributed by atoms with van der Waals surface area (Å²) in [6, 6.07) is 9.81. The molecule has 176 valence electrons. The number of benzene rings is 2. The number of rotatable bonds is 8. The van der Waals surface area contributed by atoms with Crippen LogP contribution >= 0.6 is 0 Å². The fraction of sp³-hybridized carbons (Fsp3) is 0.417. The first-order valence-corrected chi connectivity index (χ1v) is 10.8. The Bertz CT molecular complexity index is 1020. The van der Waals surface area contributed by atoms with E-state index in [1.165, 1.54) is 24.1 Å². The summed E-state index contributed by atoms with van der Waals surface area (Å²) < 4.78 is 35.6. The summed E-state index contributed by atoms with van der Waals surface area (Å²) in [6.07, 6.45) is 1.08. The van der Waals surface area contributed by atoms with E-state index >= 15 is 0 Å². The Balaban J connectivity index is 1.39. The van der Waals surface area contributed by atoms with Gasteiger partial charge in [-0.05, 0) is 29.8 Å².